The van der Waals surface area contributed by atoms with E-state index in [1.165, 1.54) is 13.3 Å². The number of hydrogen-bond acceptors (Lipinski definition) is 3. The molecule has 3 nitrogen and oxygen atoms in total. The van der Waals surface area contributed by atoms with Crippen molar-refractivity contribution in [2.24, 2.45) is 5.92 Å². The average Bonchev–Trinajstić information content (AvgIpc) is 2.62. The predicted molar refractivity (Wildman–Crippen MR) is 80.7 cm³/mol. The van der Waals surface area contributed by atoms with Crippen molar-refractivity contribution >= 4 is 14.3 Å². The van der Waals surface area contributed by atoms with Gasteiger partial charge in [-0.15, -0.1) is 0 Å². The Morgan fingerprint density at radius 3 is 2.42 bits per heavy atom. The molecule has 1 saturated carbocycles. The molecule has 0 N–H and O–H groups in total. The largest absolute Gasteiger partial charge is 0.463 e. The quantitative estimate of drug-likeness (QED) is 0.563. The van der Waals surface area contributed by atoms with E-state index in [4.69, 9.17) is 9.16 Å². The molecule has 112 valence electrons. The van der Waals surface area contributed by atoms with E-state index in [2.05, 4.69) is 33.9 Å². The SMILES string of the molecule is CC(=O)O[C@@H]1CC[C@@H](CCO[Si](C)(C)C(C)(C)C)C1. The van der Waals surface area contributed by atoms with Crippen molar-refractivity contribution in [2.75, 3.05) is 6.61 Å². The molecule has 1 rings (SSSR count). The summed E-state index contributed by atoms with van der Waals surface area (Å²) in [5.41, 5.74) is 0. The lowest BCUT2D eigenvalue weighted by Gasteiger charge is -2.36. The third kappa shape index (κ3) is 5.26. The minimum absolute atomic E-state index is 0.148. The zero-order valence-electron chi connectivity index (χ0n) is 13.4. The molecule has 1 aliphatic carbocycles. The molecule has 1 aliphatic rings. The first-order chi connectivity index (χ1) is 8.62. The maximum absolute atomic E-state index is 10.9. The van der Waals surface area contributed by atoms with Crippen molar-refractivity contribution in [1.29, 1.82) is 0 Å². The van der Waals surface area contributed by atoms with Crippen molar-refractivity contribution in [2.45, 2.75) is 77.6 Å². The molecule has 1 fully saturated rings. The fraction of sp³-hybridized carbons (Fsp3) is 0.933. The van der Waals surface area contributed by atoms with Crippen LogP contribution in [0.3, 0.4) is 0 Å². The van der Waals surface area contributed by atoms with Crippen LogP contribution >= 0.6 is 0 Å². The molecule has 2 atom stereocenters. The summed E-state index contributed by atoms with van der Waals surface area (Å²) < 4.78 is 11.5. The molecule has 0 amide bonds. The van der Waals surface area contributed by atoms with Crippen molar-refractivity contribution in [3.05, 3.63) is 0 Å². The molecule has 0 bridgehead atoms. The standard InChI is InChI=1S/C15H30O3Si/c1-12(16)18-14-8-7-13(11-14)9-10-17-19(5,6)15(2,3)4/h13-14H,7-11H2,1-6H3/t13-,14+/m0/s1. The van der Waals surface area contributed by atoms with Gasteiger partial charge in [-0.25, -0.2) is 0 Å². The van der Waals surface area contributed by atoms with Crippen LogP contribution in [0.4, 0.5) is 0 Å². The van der Waals surface area contributed by atoms with Crippen LogP contribution in [0.5, 0.6) is 0 Å². The molecule has 0 saturated heterocycles. The summed E-state index contributed by atoms with van der Waals surface area (Å²) in [6, 6.07) is 0. The summed E-state index contributed by atoms with van der Waals surface area (Å²) in [5, 5.41) is 0.281. The van der Waals surface area contributed by atoms with Gasteiger partial charge in [0.2, 0.25) is 0 Å². The van der Waals surface area contributed by atoms with Crippen LogP contribution in [0.15, 0.2) is 0 Å². The molecule has 19 heavy (non-hydrogen) atoms. The first-order valence-electron chi connectivity index (χ1n) is 7.43. The summed E-state index contributed by atoms with van der Waals surface area (Å²) in [6.45, 7) is 13.7. The Kier molecular flexibility index (Phi) is 5.62. The van der Waals surface area contributed by atoms with Crippen LogP contribution in [0.25, 0.3) is 0 Å². The van der Waals surface area contributed by atoms with Crippen LogP contribution in [0.1, 0.15) is 53.4 Å². The topological polar surface area (TPSA) is 35.5 Å². The second kappa shape index (κ2) is 6.40. The lowest BCUT2D eigenvalue weighted by Crippen LogP contribution is -2.41. The van der Waals surface area contributed by atoms with Gasteiger partial charge >= 0.3 is 5.97 Å². The van der Waals surface area contributed by atoms with E-state index in [1.807, 2.05) is 0 Å². The highest BCUT2D eigenvalue weighted by molar-refractivity contribution is 6.74. The lowest BCUT2D eigenvalue weighted by molar-refractivity contribution is -0.146. The van der Waals surface area contributed by atoms with E-state index >= 15 is 0 Å². The molecule has 0 unspecified atom stereocenters. The Labute approximate surface area is 119 Å². The van der Waals surface area contributed by atoms with Crippen LogP contribution in [0, 0.1) is 5.92 Å². The Hall–Kier alpha value is -0.353. The number of carbonyl (C=O) groups is 1. The van der Waals surface area contributed by atoms with Gasteiger partial charge in [0.1, 0.15) is 6.10 Å². The fourth-order valence-electron chi connectivity index (χ4n) is 2.33. The van der Waals surface area contributed by atoms with Crippen LogP contribution < -0.4 is 0 Å². The predicted octanol–water partition coefficient (Wildman–Crippen LogP) is 4.13. The average molecular weight is 286 g/mol. The van der Waals surface area contributed by atoms with Crippen molar-refractivity contribution in [1.82, 2.24) is 0 Å². The fourth-order valence-corrected chi connectivity index (χ4v) is 3.39. The highest BCUT2D eigenvalue weighted by Crippen LogP contribution is 2.37. The molecule has 0 aromatic rings. The second-order valence-corrected chi connectivity index (χ2v) is 12.1. The molecular weight excluding hydrogens is 256 g/mol. The first kappa shape index (κ1) is 16.7. The van der Waals surface area contributed by atoms with Gasteiger partial charge in [-0.05, 0) is 49.7 Å². The van der Waals surface area contributed by atoms with Crippen molar-refractivity contribution in [3.8, 4) is 0 Å². The van der Waals surface area contributed by atoms with Crippen LogP contribution in [-0.4, -0.2) is 27.0 Å². The van der Waals surface area contributed by atoms with E-state index in [0.29, 0.717) is 5.92 Å². The molecule has 0 aromatic carbocycles. The molecular formula is C15H30O3Si. The van der Waals surface area contributed by atoms with Gasteiger partial charge in [0, 0.05) is 13.5 Å². The maximum Gasteiger partial charge on any atom is 0.302 e. The third-order valence-corrected chi connectivity index (χ3v) is 9.16. The molecule has 0 radical (unpaired) electrons. The van der Waals surface area contributed by atoms with E-state index in [0.717, 1.165) is 25.9 Å². The number of rotatable bonds is 5. The van der Waals surface area contributed by atoms with Gasteiger partial charge in [-0.1, -0.05) is 20.8 Å². The van der Waals surface area contributed by atoms with Gasteiger partial charge in [-0.3, -0.25) is 4.79 Å². The lowest BCUT2D eigenvalue weighted by atomic mass is 10.1. The zero-order chi connectivity index (χ0) is 14.7. The van der Waals surface area contributed by atoms with Crippen molar-refractivity contribution in [3.63, 3.8) is 0 Å². The maximum atomic E-state index is 10.9. The van der Waals surface area contributed by atoms with E-state index in [-0.39, 0.29) is 17.1 Å². The second-order valence-electron chi connectivity index (χ2n) is 7.31. The molecule has 0 spiro atoms. The summed E-state index contributed by atoms with van der Waals surface area (Å²) in [4.78, 5) is 10.9. The smallest absolute Gasteiger partial charge is 0.302 e. The summed E-state index contributed by atoms with van der Waals surface area (Å²) >= 11 is 0. The first-order valence-corrected chi connectivity index (χ1v) is 10.3. The van der Waals surface area contributed by atoms with Crippen molar-refractivity contribution < 1.29 is 14.0 Å². The Balaban J connectivity index is 2.26. The van der Waals surface area contributed by atoms with Crippen LogP contribution in [-0.2, 0) is 14.0 Å². The monoisotopic (exact) mass is 286 g/mol. The number of ether oxygens (including phenoxy) is 1. The van der Waals surface area contributed by atoms with Gasteiger partial charge in [0.15, 0.2) is 8.32 Å². The Morgan fingerprint density at radius 2 is 1.89 bits per heavy atom. The normalized spacial score (nSPS) is 24.5. The molecule has 0 aromatic heterocycles. The number of esters is 1. The number of carbonyl (C=O) groups excluding carboxylic acids is 1. The van der Waals surface area contributed by atoms with Crippen LogP contribution in [0.2, 0.25) is 18.1 Å². The molecule has 0 heterocycles. The number of hydrogen-bond donors (Lipinski definition) is 0. The van der Waals surface area contributed by atoms with Gasteiger partial charge in [0.25, 0.3) is 0 Å². The summed E-state index contributed by atoms with van der Waals surface area (Å²) in [6.07, 6.45) is 4.45. The minimum Gasteiger partial charge on any atom is -0.463 e. The Bertz CT molecular complexity index is 307. The summed E-state index contributed by atoms with van der Waals surface area (Å²) in [5.74, 6) is 0.511. The van der Waals surface area contributed by atoms with Gasteiger partial charge in [-0.2, -0.15) is 0 Å². The molecule has 0 aliphatic heterocycles. The highest BCUT2D eigenvalue weighted by atomic mass is 28.4. The zero-order valence-corrected chi connectivity index (χ0v) is 14.4. The van der Waals surface area contributed by atoms with Gasteiger partial charge < -0.3 is 9.16 Å². The van der Waals surface area contributed by atoms with E-state index in [1.54, 1.807) is 0 Å². The van der Waals surface area contributed by atoms with E-state index < -0.39 is 8.32 Å². The minimum atomic E-state index is -1.61. The highest BCUT2D eigenvalue weighted by Gasteiger charge is 2.37. The summed E-state index contributed by atoms with van der Waals surface area (Å²) in [7, 11) is -1.61. The van der Waals surface area contributed by atoms with E-state index in [9.17, 15) is 4.79 Å². The van der Waals surface area contributed by atoms with Gasteiger partial charge in [0.05, 0.1) is 0 Å². The third-order valence-electron chi connectivity index (χ3n) is 4.62. The molecule has 4 heteroatoms. The Morgan fingerprint density at radius 1 is 1.26 bits per heavy atom.